The number of ether oxygens (including phenoxy) is 1. The number of nitrogens with zero attached hydrogens (tertiary/aromatic N) is 1. The predicted molar refractivity (Wildman–Crippen MR) is 57.9 cm³/mol. The Bertz CT molecular complexity index is 598. The van der Waals surface area contributed by atoms with Crippen LogP contribution >= 0.6 is 0 Å². The maximum absolute atomic E-state index is 14.3. The maximum Gasteiger partial charge on any atom is 0.330 e. The second-order valence-electron chi connectivity index (χ2n) is 4.49. The number of H-pyrrole nitrogens is 1. The van der Waals surface area contributed by atoms with E-state index in [1.54, 1.807) is 0 Å². The van der Waals surface area contributed by atoms with Crippen LogP contribution in [0.25, 0.3) is 0 Å². The van der Waals surface area contributed by atoms with Crippen molar-refractivity contribution >= 4 is 0 Å². The van der Waals surface area contributed by atoms with Gasteiger partial charge in [0.05, 0.1) is 0 Å². The number of hydrogen-bond donors (Lipinski definition) is 3. The number of halogens is 2. The first-order valence-electron chi connectivity index (χ1n) is 5.38. The van der Waals surface area contributed by atoms with Gasteiger partial charge in [-0.3, -0.25) is 14.3 Å². The molecule has 0 aromatic carbocycles. The normalized spacial score (nSPS) is 38.6. The lowest BCUT2D eigenvalue weighted by molar-refractivity contribution is -0.207. The number of nitrogens with one attached hydrogen (secondary N) is 1. The van der Waals surface area contributed by atoms with Gasteiger partial charge >= 0.3 is 5.69 Å². The lowest BCUT2D eigenvalue weighted by Gasteiger charge is -2.24. The van der Waals surface area contributed by atoms with E-state index in [0.29, 0.717) is 4.57 Å². The first kappa shape index (κ1) is 13.8. The molecule has 1 aliphatic rings. The molecule has 1 aromatic heterocycles. The van der Waals surface area contributed by atoms with Crippen LogP contribution in [0.5, 0.6) is 0 Å². The van der Waals surface area contributed by atoms with E-state index in [1.807, 2.05) is 4.98 Å². The summed E-state index contributed by atoms with van der Waals surface area (Å²) in [6, 6.07) is 0.921. The summed E-state index contributed by atoms with van der Waals surface area (Å²) in [5.74, 6) is -3.02. The molecule has 3 N–H and O–H groups in total. The molecule has 1 aromatic rings. The molecular formula is C10H12F2N2O5. The molecule has 7 nitrogen and oxygen atoms in total. The fourth-order valence-electron chi connectivity index (χ4n) is 1.99. The highest BCUT2D eigenvalue weighted by atomic mass is 19.2. The maximum atomic E-state index is 14.3. The summed E-state index contributed by atoms with van der Waals surface area (Å²) in [6.45, 7) is -0.445. The molecule has 0 bridgehead atoms. The third-order valence-corrected chi connectivity index (χ3v) is 3.05. The lowest BCUT2D eigenvalue weighted by atomic mass is 9.97. The Morgan fingerprint density at radius 1 is 1.53 bits per heavy atom. The molecular weight excluding hydrogens is 266 g/mol. The van der Waals surface area contributed by atoms with Crippen molar-refractivity contribution in [2.24, 2.45) is 0 Å². The molecule has 1 saturated heterocycles. The number of aromatic amines is 1. The number of alkyl halides is 2. The van der Waals surface area contributed by atoms with Gasteiger partial charge in [-0.2, -0.15) is 0 Å². The van der Waals surface area contributed by atoms with Crippen LogP contribution in [-0.4, -0.2) is 44.0 Å². The third-order valence-electron chi connectivity index (χ3n) is 3.05. The molecule has 0 spiro atoms. The molecule has 0 aliphatic carbocycles. The Morgan fingerprint density at radius 3 is 2.63 bits per heavy atom. The van der Waals surface area contributed by atoms with Crippen LogP contribution in [0.2, 0.25) is 0 Å². The average molecular weight is 278 g/mol. The molecule has 0 amide bonds. The summed E-state index contributed by atoms with van der Waals surface area (Å²) in [5, 5.41) is 18.4. The Hall–Kier alpha value is -1.58. The lowest BCUT2D eigenvalue weighted by Crippen LogP contribution is -2.47. The van der Waals surface area contributed by atoms with Gasteiger partial charge in [0, 0.05) is 12.3 Å². The van der Waals surface area contributed by atoms with Gasteiger partial charge in [0.2, 0.25) is 0 Å². The van der Waals surface area contributed by atoms with E-state index >= 15 is 0 Å². The van der Waals surface area contributed by atoms with Gasteiger partial charge in [-0.25, -0.2) is 13.6 Å². The van der Waals surface area contributed by atoms with Crippen LogP contribution in [0.15, 0.2) is 21.9 Å². The molecule has 0 saturated carbocycles. The van der Waals surface area contributed by atoms with Gasteiger partial charge in [0.1, 0.15) is 6.61 Å². The number of aromatic nitrogens is 2. The van der Waals surface area contributed by atoms with Crippen LogP contribution in [0, 0.1) is 0 Å². The minimum atomic E-state index is -3.02. The molecule has 4 atom stereocenters. The molecule has 2 rings (SSSR count). The molecule has 4 unspecified atom stereocenters. The zero-order valence-corrected chi connectivity index (χ0v) is 9.84. The van der Waals surface area contributed by atoms with Crippen molar-refractivity contribution in [3.05, 3.63) is 33.1 Å². The number of aliphatic hydroxyl groups excluding tert-OH is 2. The zero-order valence-electron chi connectivity index (χ0n) is 9.84. The van der Waals surface area contributed by atoms with Crippen LogP contribution in [0.3, 0.4) is 0 Å². The van der Waals surface area contributed by atoms with Gasteiger partial charge in [-0.05, 0) is 6.92 Å². The largest absolute Gasteiger partial charge is 0.390 e. The van der Waals surface area contributed by atoms with E-state index in [1.165, 1.54) is 0 Å². The minimum Gasteiger partial charge on any atom is -0.390 e. The highest BCUT2D eigenvalue weighted by Gasteiger charge is 2.64. The summed E-state index contributed by atoms with van der Waals surface area (Å²) >= 11 is 0. The third kappa shape index (κ3) is 1.99. The average Bonchev–Trinajstić information content (AvgIpc) is 2.51. The smallest absolute Gasteiger partial charge is 0.330 e. The topological polar surface area (TPSA) is 105 Å². The molecule has 1 aliphatic heterocycles. The minimum absolute atomic E-state index is 0.599. The first-order valence-corrected chi connectivity index (χ1v) is 5.38. The van der Waals surface area contributed by atoms with E-state index in [2.05, 4.69) is 4.74 Å². The van der Waals surface area contributed by atoms with Crippen LogP contribution < -0.4 is 11.2 Å². The van der Waals surface area contributed by atoms with Crippen molar-refractivity contribution in [2.75, 3.05) is 6.61 Å². The van der Waals surface area contributed by atoms with Gasteiger partial charge in [0.25, 0.3) is 11.4 Å². The van der Waals surface area contributed by atoms with E-state index in [4.69, 9.17) is 5.11 Å². The molecule has 9 heteroatoms. The van der Waals surface area contributed by atoms with Crippen molar-refractivity contribution in [1.29, 1.82) is 0 Å². The van der Waals surface area contributed by atoms with Crippen molar-refractivity contribution in [2.45, 2.75) is 30.8 Å². The van der Waals surface area contributed by atoms with Crippen LogP contribution in [0.4, 0.5) is 8.78 Å². The highest BCUT2D eigenvalue weighted by Crippen LogP contribution is 2.46. The molecule has 19 heavy (non-hydrogen) atoms. The monoisotopic (exact) mass is 278 g/mol. The molecule has 106 valence electrons. The molecule has 0 radical (unpaired) electrons. The molecule has 2 heterocycles. The van der Waals surface area contributed by atoms with E-state index < -0.39 is 41.7 Å². The van der Waals surface area contributed by atoms with Crippen molar-refractivity contribution < 1.29 is 23.7 Å². The van der Waals surface area contributed by atoms with Gasteiger partial charge in [-0.15, -0.1) is 0 Å². The first-order chi connectivity index (χ1) is 8.72. The van der Waals surface area contributed by atoms with Gasteiger partial charge in [0.15, 0.2) is 18.0 Å². The van der Waals surface area contributed by atoms with Crippen molar-refractivity contribution in [3.8, 4) is 0 Å². The standard InChI is InChI=1S/C10H12F2N2O5/c1-9(11)6(17)10(12,4-15)19-7(9)14-3-2-5(16)13-8(14)18/h2-3,6-7,15,17H,4H2,1H3,(H,13,16,18). The van der Waals surface area contributed by atoms with E-state index in [0.717, 1.165) is 19.2 Å². The van der Waals surface area contributed by atoms with E-state index in [9.17, 15) is 23.5 Å². The Labute approximate surface area is 105 Å². The second-order valence-corrected chi connectivity index (χ2v) is 4.49. The fraction of sp³-hybridized carbons (Fsp3) is 0.600. The summed E-state index contributed by atoms with van der Waals surface area (Å²) in [5.41, 5.74) is -4.40. The van der Waals surface area contributed by atoms with Crippen molar-refractivity contribution in [1.82, 2.24) is 9.55 Å². The fourth-order valence-corrected chi connectivity index (χ4v) is 1.99. The summed E-state index contributed by atoms with van der Waals surface area (Å²) in [6.07, 6.45) is -3.18. The summed E-state index contributed by atoms with van der Waals surface area (Å²) in [4.78, 5) is 24.3. The number of hydrogen-bond acceptors (Lipinski definition) is 5. The number of aliphatic hydroxyl groups is 2. The molecule has 1 fully saturated rings. The van der Waals surface area contributed by atoms with Gasteiger partial charge < -0.3 is 14.9 Å². The summed E-state index contributed by atoms with van der Waals surface area (Å²) < 4.78 is 33.5. The number of rotatable bonds is 2. The summed E-state index contributed by atoms with van der Waals surface area (Å²) in [7, 11) is 0. The highest BCUT2D eigenvalue weighted by molar-refractivity contribution is 5.04. The second kappa shape index (κ2) is 4.22. The SMILES string of the molecule is CC1(F)C(n2ccc(=O)[nH]c2=O)OC(F)(CO)C1O. The quantitative estimate of drug-likeness (QED) is 0.631. The Kier molecular flexibility index (Phi) is 3.07. The van der Waals surface area contributed by atoms with Gasteiger partial charge in [-0.1, -0.05) is 0 Å². The zero-order chi connectivity index (χ0) is 14.4. The van der Waals surface area contributed by atoms with Crippen LogP contribution in [-0.2, 0) is 4.74 Å². The predicted octanol–water partition coefficient (Wildman–Crippen LogP) is -1.19. The Morgan fingerprint density at radius 2 is 2.16 bits per heavy atom. The van der Waals surface area contributed by atoms with Crippen LogP contribution in [0.1, 0.15) is 13.2 Å². The van der Waals surface area contributed by atoms with E-state index in [-0.39, 0.29) is 0 Å². The van der Waals surface area contributed by atoms with Crippen molar-refractivity contribution in [3.63, 3.8) is 0 Å². The Balaban J connectivity index is 2.51.